The van der Waals surface area contributed by atoms with E-state index < -0.39 is 16.3 Å². The number of aliphatic hydroxyl groups is 1. The van der Waals surface area contributed by atoms with Gasteiger partial charge in [0.25, 0.3) is 10.0 Å². The number of nitrogens with zero attached hydrogens (tertiary/aromatic N) is 3. The molecule has 0 radical (unpaired) electrons. The number of halogens is 1. The Balaban J connectivity index is 1.39. The Bertz CT molecular complexity index is 1330. The summed E-state index contributed by atoms with van der Waals surface area (Å²) in [7, 11) is -3.84. The van der Waals surface area contributed by atoms with E-state index in [0.29, 0.717) is 48.6 Å². The van der Waals surface area contributed by atoms with Gasteiger partial charge in [0.15, 0.2) is 0 Å². The normalized spacial score (nSPS) is 19.8. The number of nitrogens with one attached hydrogen (secondary N) is 2. The summed E-state index contributed by atoms with van der Waals surface area (Å²) >= 11 is 0. The van der Waals surface area contributed by atoms with Gasteiger partial charge in [0.1, 0.15) is 17.0 Å². The molecule has 0 spiro atoms. The maximum absolute atomic E-state index is 13.8. The van der Waals surface area contributed by atoms with Gasteiger partial charge in [0, 0.05) is 51.4 Å². The summed E-state index contributed by atoms with van der Waals surface area (Å²) in [4.78, 5) is 8.14. The summed E-state index contributed by atoms with van der Waals surface area (Å²) in [6.45, 7) is 8.87. The minimum atomic E-state index is -3.84. The Morgan fingerprint density at radius 2 is 2.03 bits per heavy atom. The molecule has 1 fully saturated rings. The van der Waals surface area contributed by atoms with Crippen molar-refractivity contribution in [3.63, 3.8) is 0 Å². The average molecular weight is 542 g/mol. The first-order valence-electron chi connectivity index (χ1n) is 12.9. The molecule has 4 rings (SSSR count). The minimum Gasteiger partial charge on any atom is -0.378 e. The van der Waals surface area contributed by atoms with E-state index in [1.165, 1.54) is 6.20 Å². The molecule has 2 aliphatic rings. The van der Waals surface area contributed by atoms with E-state index in [0.717, 1.165) is 18.7 Å². The zero-order valence-electron chi connectivity index (χ0n) is 22.1. The first-order valence-corrected chi connectivity index (χ1v) is 14.3. The van der Waals surface area contributed by atoms with Gasteiger partial charge in [-0.05, 0) is 49.6 Å². The molecule has 204 valence electrons. The highest BCUT2D eigenvalue weighted by Gasteiger charge is 2.26. The van der Waals surface area contributed by atoms with Crippen LogP contribution in [0.15, 0.2) is 64.4 Å². The maximum atomic E-state index is 13.8. The lowest BCUT2D eigenvalue weighted by Gasteiger charge is -2.37. The predicted octanol–water partition coefficient (Wildman–Crippen LogP) is 4.52. The van der Waals surface area contributed by atoms with Gasteiger partial charge < -0.3 is 15.3 Å². The number of sulfonamides is 1. The van der Waals surface area contributed by atoms with Gasteiger partial charge in [-0.25, -0.2) is 12.8 Å². The number of hydrogen-bond donors (Lipinski definition) is 3. The number of benzene rings is 2. The highest BCUT2D eigenvalue weighted by atomic mass is 32.2. The predicted molar refractivity (Wildman–Crippen MR) is 151 cm³/mol. The Morgan fingerprint density at radius 1 is 1.26 bits per heavy atom. The highest BCUT2D eigenvalue weighted by molar-refractivity contribution is 7.92. The average Bonchev–Trinajstić information content (AvgIpc) is 2.91. The topological polar surface area (TPSA) is 97.3 Å². The van der Waals surface area contributed by atoms with Crippen LogP contribution in [-0.4, -0.2) is 68.3 Å². The van der Waals surface area contributed by atoms with E-state index in [-0.39, 0.29) is 16.8 Å². The Morgan fingerprint density at radius 3 is 2.74 bits per heavy atom. The van der Waals surface area contributed by atoms with Crippen molar-refractivity contribution in [2.75, 3.05) is 42.8 Å². The highest BCUT2D eigenvalue weighted by Crippen LogP contribution is 2.32. The van der Waals surface area contributed by atoms with E-state index in [4.69, 9.17) is 0 Å². The number of aliphatic hydroxyl groups excluding tert-OH is 1. The molecule has 0 aliphatic carbocycles. The molecule has 3 N–H and O–H groups in total. The second-order valence-electron chi connectivity index (χ2n) is 9.68. The van der Waals surface area contributed by atoms with Crippen molar-refractivity contribution in [2.24, 2.45) is 4.99 Å². The lowest BCUT2D eigenvalue weighted by Crippen LogP contribution is -2.47. The third-order valence-corrected chi connectivity index (χ3v) is 8.27. The van der Waals surface area contributed by atoms with Crippen LogP contribution in [0.2, 0.25) is 0 Å². The molecule has 10 heteroatoms. The molecule has 0 bridgehead atoms. The molecule has 2 aliphatic heterocycles. The number of rotatable bonds is 9. The molecule has 0 aromatic heterocycles. The maximum Gasteiger partial charge on any atom is 0.263 e. The Hall–Kier alpha value is -3.05. The molecule has 2 aromatic rings. The van der Waals surface area contributed by atoms with Gasteiger partial charge in [0.05, 0.1) is 17.6 Å². The Kier molecular flexibility index (Phi) is 8.99. The molecule has 2 heterocycles. The molecule has 8 nitrogen and oxygen atoms in total. The first-order chi connectivity index (χ1) is 18.2. The van der Waals surface area contributed by atoms with Crippen LogP contribution in [-0.2, 0) is 10.0 Å². The largest absolute Gasteiger partial charge is 0.378 e. The van der Waals surface area contributed by atoms with E-state index in [1.807, 2.05) is 43.0 Å². The van der Waals surface area contributed by atoms with Crippen LogP contribution in [0, 0.1) is 6.92 Å². The molecular formula is C28H36FN5O3S. The van der Waals surface area contributed by atoms with Crippen LogP contribution in [0.4, 0.5) is 15.8 Å². The zero-order chi connectivity index (χ0) is 27.3. The fourth-order valence-electron chi connectivity index (χ4n) is 4.68. The number of piperazine rings is 1. The minimum absolute atomic E-state index is 0.0294. The molecule has 1 saturated heterocycles. The van der Waals surface area contributed by atoms with Crippen LogP contribution in [0.1, 0.15) is 43.2 Å². The van der Waals surface area contributed by atoms with Crippen LogP contribution < -0.4 is 10.0 Å². The van der Waals surface area contributed by atoms with Gasteiger partial charge >= 0.3 is 0 Å². The molecule has 38 heavy (non-hydrogen) atoms. The molecule has 0 amide bonds. The summed E-state index contributed by atoms with van der Waals surface area (Å²) in [5.41, 5.74) is 3.29. The molecule has 1 unspecified atom stereocenters. The van der Waals surface area contributed by atoms with Gasteiger partial charge in [-0.2, -0.15) is 0 Å². The summed E-state index contributed by atoms with van der Waals surface area (Å²) in [6, 6.07) is 10.5. The van der Waals surface area contributed by atoms with Crippen molar-refractivity contribution >= 4 is 33.7 Å². The van der Waals surface area contributed by atoms with Crippen LogP contribution >= 0.6 is 0 Å². The number of aryl methyl sites for hydroxylation is 1. The van der Waals surface area contributed by atoms with Crippen LogP contribution in [0.25, 0.3) is 6.08 Å². The van der Waals surface area contributed by atoms with Crippen molar-refractivity contribution < 1.29 is 17.9 Å². The number of fused-ring (bicyclic) bond motifs is 1. The fourth-order valence-corrected chi connectivity index (χ4v) is 6.01. The van der Waals surface area contributed by atoms with Crippen molar-refractivity contribution in [2.45, 2.75) is 44.4 Å². The summed E-state index contributed by atoms with van der Waals surface area (Å²) in [5.74, 6) is -0.244. The van der Waals surface area contributed by atoms with Crippen LogP contribution in [0.5, 0.6) is 0 Å². The van der Waals surface area contributed by atoms with Gasteiger partial charge in [-0.3, -0.25) is 14.6 Å². The quantitative estimate of drug-likeness (QED) is 0.404. The van der Waals surface area contributed by atoms with Gasteiger partial charge in [-0.15, -0.1) is 0 Å². The summed E-state index contributed by atoms with van der Waals surface area (Å²) in [5, 5.41) is 14.2. The number of anilines is 2. The fraction of sp³-hybridized carbons (Fsp3) is 0.393. The first kappa shape index (κ1) is 28.0. The Labute approximate surface area is 224 Å². The molecule has 2 atom stereocenters. The third kappa shape index (κ3) is 6.68. The summed E-state index contributed by atoms with van der Waals surface area (Å²) in [6.07, 6.45) is 6.21. The van der Waals surface area contributed by atoms with E-state index >= 15 is 0 Å². The number of aliphatic imine (C=N–C) groups is 1. The van der Waals surface area contributed by atoms with Crippen molar-refractivity contribution in [1.29, 1.82) is 0 Å². The number of hydrogen-bond acceptors (Lipinski definition) is 7. The van der Waals surface area contributed by atoms with E-state index in [9.17, 15) is 17.9 Å². The third-order valence-electron chi connectivity index (χ3n) is 6.86. The second-order valence-corrected chi connectivity index (χ2v) is 11.3. The molecule has 2 aromatic carbocycles. The lowest BCUT2D eigenvalue weighted by atomic mass is 10.1. The molecule has 0 saturated carbocycles. The molecular weight excluding hydrogens is 505 g/mol. The van der Waals surface area contributed by atoms with Crippen molar-refractivity contribution in [3.8, 4) is 0 Å². The zero-order valence-corrected chi connectivity index (χ0v) is 22.9. The monoisotopic (exact) mass is 541 g/mol. The summed E-state index contributed by atoms with van der Waals surface area (Å²) < 4.78 is 43.1. The smallest absolute Gasteiger partial charge is 0.263 e. The SMILES string of the molecule is CC=N/C=C(/F)CCN1CCN([C@H](O)c2ccc(NS(=O)(=O)c3cccc4c3NC(C)C=C4)c(C)c2)CC1. The van der Waals surface area contributed by atoms with E-state index in [1.54, 1.807) is 37.4 Å². The van der Waals surface area contributed by atoms with Crippen molar-refractivity contribution in [3.05, 3.63) is 71.2 Å². The van der Waals surface area contributed by atoms with Crippen LogP contribution in [0.3, 0.4) is 0 Å². The van der Waals surface area contributed by atoms with E-state index in [2.05, 4.69) is 19.9 Å². The van der Waals surface area contributed by atoms with Crippen molar-refractivity contribution in [1.82, 2.24) is 9.80 Å². The second kappa shape index (κ2) is 12.2. The lowest BCUT2D eigenvalue weighted by molar-refractivity contribution is -0.0272. The van der Waals surface area contributed by atoms with Gasteiger partial charge in [0.2, 0.25) is 0 Å². The van der Waals surface area contributed by atoms with Gasteiger partial charge in [-0.1, -0.05) is 36.4 Å². The number of para-hydroxylation sites is 1. The standard InChI is InChI=1S/C28H36FN5O3S/c1-4-30-19-24(29)12-13-33-14-16-34(17-15-33)28(35)23-10-11-25(20(2)18-23)32-38(36,37)26-7-5-6-22-9-8-21(3)31-27(22)26/h4-11,18-19,21,28,31-32,35H,12-17H2,1-3H3/b24-19+,30-4?/t21?,28-/m1/s1.